The van der Waals surface area contributed by atoms with Crippen molar-refractivity contribution in [3.8, 4) is 0 Å². The molecule has 0 bridgehead atoms. The van der Waals surface area contributed by atoms with Crippen LogP contribution in [-0.2, 0) is 4.79 Å². The molecule has 0 aromatic rings. The molecule has 1 saturated carbocycles. The van der Waals surface area contributed by atoms with Crippen molar-refractivity contribution in [2.45, 2.75) is 43.4 Å². The molecule has 19 heavy (non-hydrogen) atoms. The van der Waals surface area contributed by atoms with E-state index in [2.05, 4.69) is 11.6 Å². The minimum Gasteiger partial charge on any atom is -0.480 e. The molecule has 2 aliphatic rings. The number of piperidine rings is 1. The summed E-state index contributed by atoms with van der Waals surface area (Å²) in [5.74, 6) is -0.529. The molecular weight excluding hydrogens is 264 g/mol. The zero-order valence-corrected chi connectivity index (χ0v) is 12.3. The first-order chi connectivity index (χ1) is 8.97. The molecule has 1 aliphatic carbocycles. The molecule has 0 spiro atoms. The number of nitrogens with one attached hydrogen (secondary N) is 1. The highest BCUT2D eigenvalue weighted by Gasteiger charge is 2.43. The standard InChI is InChI=1S/C13H22N2O3S/c1-9-3-6-15(10(7-9)11(16)17)12(18)14-8-13(19-2)4-5-13/h9-10H,3-8H2,1-2H3,(H,14,18)(H,16,17). The lowest BCUT2D eigenvalue weighted by Crippen LogP contribution is -2.54. The highest BCUT2D eigenvalue weighted by molar-refractivity contribution is 8.00. The second-order valence-corrected chi connectivity index (χ2v) is 7.00. The van der Waals surface area contributed by atoms with Gasteiger partial charge in [-0.1, -0.05) is 6.92 Å². The van der Waals surface area contributed by atoms with Crippen LogP contribution in [0.4, 0.5) is 4.79 Å². The van der Waals surface area contributed by atoms with Crippen LogP contribution in [0, 0.1) is 5.92 Å². The average molecular weight is 286 g/mol. The molecule has 1 aliphatic heterocycles. The van der Waals surface area contributed by atoms with Gasteiger partial charge in [0.15, 0.2) is 0 Å². The van der Waals surface area contributed by atoms with Gasteiger partial charge in [-0.05, 0) is 37.9 Å². The number of nitrogens with zero attached hydrogens (tertiary/aromatic N) is 1. The van der Waals surface area contributed by atoms with Gasteiger partial charge in [-0.3, -0.25) is 0 Å². The van der Waals surface area contributed by atoms with Gasteiger partial charge in [0.2, 0.25) is 0 Å². The molecule has 1 heterocycles. The van der Waals surface area contributed by atoms with E-state index in [1.54, 1.807) is 11.8 Å². The monoisotopic (exact) mass is 286 g/mol. The zero-order valence-electron chi connectivity index (χ0n) is 11.5. The Balaban J connectivity index is 1.91. The molecule has 108 valence electrons. The van der Waals surface area contributed by atoms with Crippen LogP contribution in [0.3, 0.4) is 0 Å². The van der Waals surface area contributed by atoms with E-state index in [-0.39, 0.29) is 10.8 Å². The number of hydrogen-bond acceptors (Lipinski definition) is 3. The molecule has 1 saturated heterocycles. The van der Waals surface area contributed by atoms with E-state index in [1.807, 2.05) is 6.92 Å². The molecule has 0 aromatic heterocycles. The van der Waals surface area contributed by atoms with Gasteiger partial charge in [0, 0.05) is 17.8 Å². The van der Waals surface area contributed by atoms with E-state index in [9.17, 15) is 14.7 Å². The van der Waals surface area contributed by atoms with Crippen molar-refractivity contribution in [1.29, 1.82) is 0 Å². The number of likely N-dealkylation sites (tertiary alicyclic amines) is 1. The number of amides is 2. The van der Waals surface area contributed by atoms with Crippen molar-refractivity contribution in [2.75, 3.05) is 19.3 Å². The van der Waals surface area contributed by atoms with Crippen molar-refractivity contribution >= 4 is 23.8 Å². The summed E-state index contributed by atoms with van der Waals surface area (Å²) in [6.45, 7) is 3.22. The summed E-state index contributed by atoms with van der Waals surface area (Å²) >= 11 is 1.78. The number of carbonyl (C=O) groups excluding carboxylic acids is 1. The fourth-order valence-electron chi connectivity index (χ4n) is 2.55. The summed E-state index contributed by atoms with van der Waals surface area (Å²) in [6, 6.07) is -0.896. The number of aliphatic carboxylic acids is 1. The van der Waals surface area contributed by atoms with Crippen molar-refractivity contribution < 1.29 is 14.7 Å². The number of thioether (sulfide) groups is 1. The Labute approximate surface area is 118 Å². The predicted molar refractivity (Wildman–Crippen MR) is 75.4 cm³/mol. The van der Waals surface area contributed by atoms with Crippen LogP contribution in [0.5, 0.6) is 0 Å². The summed E-state index contributed by atoms with van der Waals surface area (Å²) in [5, 5.41) is 12.1. The Hall–Kier alpha value is -0.910. The smallest absolute Gasteiger partial charge is 0.326 e. The molecule has 5 nitrogen and oxygen atoms in total. The topological polar surface area (TPSA) is 69.6 Å². The maximum absolute atomic E-state index is 12.2. The van der Waals surface area contributed by atoms with Crippen LogP contribution in [0.1, 0.15) is 32.6 Å². The number of urea groups is 1. The number of hydrogen-bond donors (Lipinski definition) is 2. The first kappa shape index (κ1) is 14.5. The van der Waals surface area contributed by atoms with E-state index in [4.69, 9.17) is 0 Å². The van der Waals surface area contributed by atoms with E-state index in [1.165, 1.54) is 4.90 Å². The van der Waals surface area contributed by atoms with E-state index in [0.29, 0.717) is 25.4 Å². The number of carboxylic acid groups (broad SMARTS) is 1. The molecule has 6 heteroatoms. The fourth-order valence-corrected chi connectivity index (χ4v) is 3.28. The minimum atomic E-state index is -0.896. The van der Waals surface area contributed by atoms with Gasteiger partial charge in [0.25, 0.3) is 0 Å². The van der Waals surface area contributed by atoms with Gasteiger partial charge in [0.05, 0.1) is 0 Å². The third-order valence-electron chi connectivity index (χ3n) is 4.21. The fraction of sp³-hybridized carbons (Fsp3) is 0.846. The average Bonchev–Trinajstić information content (AvgIpc) is 3.16. The number of carboxylic acids is 1. The second-order valence-electron chi connectivity index (χ2n) is 5.72. The lowest BCUT2D eigenvalue weighted by molar-refractivity contribution is -0.143. The normalized spacial score (nSPS) is 28.8. The maximum atomic E-state index is 12.2. The Bertz CT molecular complexity index is 371. The second kappa shape index (κ2) is 5.61. The molecule has 2 rings (SSSR count). The van der Waals surface area contributed by atoms with E-state index < -0.39 is 12.0 Å². The van der Waals surface area contributed by atoms with E-state index >= 15 is 0 Å². The first-order valence-electron chi connectivity index (χ1n) is 6.80. The number of carbonyl (C=O) groups is 2. The Morgan fingerprint density at radius 2 is 2.16 bits per heavy atom. The van der Waals surface area contributed by atoms with Crippen LogP contribution in [-0.4, -0.2) is 52.1 Å². The summed E-state index contributed by atoms with van der Waals surface area (Å²) in [7, 11) is 0. The molecule has 2 atom stereocenters. The Kier molecular flexibility index (Phi) is 4.28. The van der Waals surface area contributed by atoms with E-state index in [0.717, 1.165) is 19.3 Å². The summed E-state index contributed by atoms with van der Waals surface area (Å²) in [6.07, 6.45) is 5.75. The Morgan fingerprint density at radius 1 is 1.47 bits per heavy atom. The molecule has 2 unspecified atom stereocenters. The molecule has 0 aromatic carbocycles. The van der Waals surface area contributed by atoms with Crippen LogP contribution < -0.4 is 5.32 Å². The van der Waals surface area contributed by atoms with Crippen LogP contribution in [0.15, 0.2) is 0 Å². The summed E-state index contributed by atoms with van der Waals surface area (Å²) in [4.78, 5) is 24.9. The lowest BCUT2D eigenvalue weighted by Gasteiger charge is -2.36. The third kappa shape index (κ3) is 3.35. The summed E-state index contributed by atoms with van der Waals surface area (Å²) < 4.78 is 0.206. The molecular formula is C13H22N2O3S. The van der Waals surface area contributed by atoms with Gasteiger partial charge in [-0.2, -0.15) is 11.8 Å². The predicted octanol–water partition coefficient (Wildman–Crippen LogP) is 1.78. The van der Waals surface area contributed by atoms with Crippen molar-refractivity contribution in [1.82, 2.24) is 10.2 Å². The largest absolute Gasteiger partial charge is 0.480 e. The third-order valence-corrected chi connectivity index (χ3v) is 5.63. The van der Waals surface area contributed by atoms with Crippen LogP contribution in [0.25, 0.3) is 0 Å². The maximum Gasteiger partial charge on any atom is 0.326 e. The zero-order chi connectivity index (χ0) is 14.0. The minimum absolute atomic E-state index is 0.206. The highest BCUT2D eigenvalue weighted by atomic mass is 32.2. The molecule has 2 amide bonds. The molecule has 0 radical (unpaired) electrons. The number of rotatable bonds is 4. The van der Waals surface area contributed by atoms with Crippen molar-refractivity contribution in [2.24, 2.45) is 5.92 Å². The molecule has 2 N–H and O–H groups in total. The van der Waals surface area contributed by atoms with Gasteiger partial charge in [-0.25, -0.2) is 9.59 Å². The van der Waals surface area contributed by atoms with Crippen LogP contribution in [0.2, 0.25) is 0 Å². The highest BCUT2D eigenvalue weighted by Crippen LogP contribution is 2.46. The van der Waals surface area contributed by atoms with Crippen LogP contribution >= 0.6 is 11.8 Å². The van der Waals surface area contributed by atoms with Gasteiger partial charge in [0.1, 0.15) is 6.04 Å². The quantitative estimate of drug-likeness (QED) is 0.826. The Morgan fingerprint density at radius 3 is 2.68 bits per heavy atom. The molecule has 2 fully saturated rings. The van der Waals surface area contributed by atoms with Crippen molar-refractivity contribution in [3.05, 3.63) is 0 Å². The van der Waals surface area contributed by atoms with Gasteiger partial charge >= 0.3 is 12.0 Å². The SMILES string of the molecule is CSC1(CNC(=O)N2CCC(C)CC2C(=O)O)CC1. The van der Waals surface area contributed by atoms with Gasteiger partial charge in [-0.15, -0.1) is 0 Å². The first-order valence-corrected chi connectivity index (χ1v) is 8.02. The van der Waals surface area contributed by atoms with Crippen molar-refractivity contribution in [3.63, 3.8) is 0 Å². The summed E-state index contributed by atoms with van der Waals surface area (Å²) in [5.41, 5.74) is 0. The lowest BCUT2D eigenvalue weighted by atomic mass is 9.93. The van der Waals surface area contributed by atoms with Gasteiger partial charge < -0.3 is 15.3 Å².